The van der Waals surface area contributed by atoms with Crippen LogP contribution >= 0.6 is 0 Å². The van der Waals surface area contributed by atoms with Crippen molar-refractivity contribution in [2.75, 3.05) is 18.8 Å². The van der Waals surface area contributed by atoms with Crippen molar-refractivity contribution in [1.29, 1.82) is 0 Å². The Kier molecular flexibility index (Phi) is 4.25. The van der Waals surface area contributed by atoms with Gasteiger partial charge >= 0.3 is 0 Å². The van der Waals surface area contributed by atoms with E-state index in [0.717, 1.165) is 18.0 Å². The Balaban J connectivity index is 2.02. The molecule has 2 rings (SSSR count). The Bertz CT molecular complexity index is 394. The fourth-order valence-electron chi connectivity index (χ4n) is 2.77. The Morgan fingerprint density at radius 3 is 2.78 bits per heavy atom. The smallest absolute Gasteiger partial charge is 0.0936 e. The summed E-state index contributed by atoms with van der Waals surface area (Å²) in [6.45, 7) is 6.28. The first-order valence-electron chi connectivity index (χ1n) is 6.84. The van der Waals surface area contributed by atoms with Gasteiger partial charge in [0.05, 0.1) is 6.10 Å². The minimum Gasteiger partial charge on any atom is -0.398 e. The van der Waals surface area contributed by atoms with E-state index in [4.69, 9.17) is 5.73 Å². The van der Waals surface area contributed by atoms with E-state index in [9.17, 15) is 5.11 Å². The van der Waals surface area contributed by atoms with E-state index in [2.05, 4.69) is 18.7 Å². The Morgan fingerprint density at radius 1 is 1.33 bits per heavy atom. The van der Waals surface area contributed by atoms with Crippen molar-refractivity contribution >= 4 is 5.69 Å². The van der Waals surface area contributed by atoms with Crippen molar-refractivity contribution in [3.8, 4) is 0 Å². The van der Waals surface area contributed by atoms with Crippen LogP contribution in [0.15, 0.2) is 24.3 Å². The lowest BCUT2D eigenvalue weighted by atomic mass is 9.94. The van der Waals surface area contributed by atoms with Gasteiger partial charge in [0.15, 0.2) is 0 Å². The summed E-state index contributed by atoms with van der Waals surface area (Å²) in [4.78, 5) is 2.38. The maximum absolute atomic E-state index is 10.3. The number of aliphatic hydroxyl groups excluding tert-OH is 1. The van der Waals surface area contributed by atoms with E-state index in [1.807, 2.05) is 24.3 Å². The molecule has 1 saturated heterocycles. The van der Waals surface area contributed by atoms with Gasteiger partial charge in [-0.15, -0.1) is 0 Å². The second-order valence-electron chi connectivity index (χ2n) is 5.63. The fourth-order valence-corrected chi connectivity index (χ4v) is 2.77. The van der Waals surface area contributed by atoms with Gasteiger partial charge in [-0.3, -0.25) is 4.90 Å². The maximum atomic E-state index is 10.3. The van der Waals surface area contributed by atoms with Crippen LogP contribution in [0.25, 0.3) is 0 Å². The van der Waals surface area contributed by atoms with Crippen molar-refractivity contribution in [3.05, 3.63) is 29.8 Å². The van der Waals surface area contributed by atoms with Crippen molar-refractivity contribution in [3.63, 3.8) is 0 Å². The van der Waals surface area contributed by atoms with Gasteiger partial charge in [0, 0.05) is 30.4 Å². The molecule has 1 heterocycles. The SMILES string of the molecule is CC1CCC(C)N(CC(O)c2ccccc2N)C1. The van der Waals surface area contributed by atoms with Gasteiger partial charge in [-0.2, -0.15) is 0 Å². The largest absolute Gasteiger partial charge is 0.398 e. The molecule has 0 saturated carbocycles. The molecule has 0 aromatic heterocycles. The van der Waals surface area contributed by atoms with Crippen LogP contribution in [0.3, 0.4) is 0 Å². The van der Waals surface area contributed by atoms with E-state index < -0.39 is 6.10 Å². The molecule has 3 nitrogen and oxygen atoms in total. The summed E-state index contributed by atoms with van der Waals surface area (Å²) in [5.41, 5.74) is 7.44. The molecule has 1 aliphatic heterocycles. The van der Waals surface area contributed by atoms with Crippen LogP contribution < -0.4 is 5.73 Å². The number of para-hydroxylation sites is 1. The molecule has 3 unspecified atom stereocenters. The molecule has 1 aromatic rings. The van der Waals surface area contributed by atoms with Crippen LogP contribution in [0.4, 0.5) is 5.69 Å². The summed E-state index contributed by atoms with van der Waals surface area (Å²) in [7, 11) is 0. The van der Waals surface area contributed by atoms with Gasteiger partial charge in [-0.1, -0.05) is 25.1 Å². The summed E-state index contributed by atoms with van der Waals surface area (Å²) < 4.78 is 0. The third-order valence-corrected chi connectivity index (χ3v) is 4.01. The third kappa shape index (κ3) is 3.03. The standard InChI is InChI=1S/C15H24N2O/c1-11-7-8-12(2)17(9-11)10-15(18)13-5-3-4-6-14(13)16/h3-6,11-12,15,18H,7-10,16H2,1-2H3. The number of rotatable bonds is 3. The van der Waals surface area contributed by atoms with Gasteiger partial charge in [0.25, 0.3) is 0 Å². The normalized spacial score (nSPS) is 27.1. The molecule has 3 N–H and O–H groups in total. The number of nitrogens with two attached hydrogens (primary N) is 1. The number of benzene rings is 1. The van der Waals surface area contributed by atoms with Gasteiger partial charge in [0.1, 0.15) is 0 Å². The molecular weight excluding hydrogens is 224 g/mol. The molecule has 0 amide bonds. The molecule has 0 bridgehead atoms. The first-order valence-corrected chi connectivity index (χ1v) is 6.84. The van der Waals surface area contributed by atoms with E-state index >= 15 is 0 Å². The van der Waals surface area contributed by atoms with Crippen molar-refractivity contribution in [2.24, 2.45) is 5.92 Å². The molecule has 1 aliphatic rings. The number of piperidine rings is 1. The molecule has 18 heavy (non-hydrogen) atoms. The maximum Gasteiger partial charge on any atom is 0.0936 e. The highest BCUT2D eigenvalue weighted by molar-refractivity contribution is 5.47. The molecule has 3 heteroatoms. The number of β-amino-alcohol motifs (C(OH)–C–C–N with tert-alkyl or cyclic N) is 1. The van der Waals surface area contributed by atoms with Crippen LogP contribution in [0.2, 0.25) is 0 Å². The van der Waals surface area contributed by atoms with Gasteiger partial charge in [-0.25, -0.2) is 0 Å². The minimum atomic E-state index is -0.487. The Morgan fingerprint density at radius 2 is 2.06 bits per heavy atom. The zero-order valence-corrected chi connectivity index (χ0v) is 11.3. The molecule has 1 fully saturated rings. The molecule has 1 aromatic carbocycles. The molecule has 0 radical (unpaired) electrons. The second-order valence-corrected chi connectivity index (χ2v) is 5.63. The summed E-state index contributed by atoms with van der Waals surface area (Å²) in [5.74, 6) is 0.724. The van der Waals surface area contributed by atoms with Crippen molar-refractivity contribution in [2.45, 2.75) is 38.8 Å². The van der Waals surface area contributed by atoms with E-state index in [1.54, 1.807) is 0 Å². The molecule has 0 aliphatic carbocycles. The molecule has 3 atom stereocenters. The molecule has 100 valence electrons. The monoisotopic (exact) mass is 248 g/mol. The third-order valence-electron chi connectivity index (χ3n) is 4.01. The number of aliphatic hydroxyl groups is 1. The van der Waals surface area contributed by atoms with E-state index in [-0.39, 0.29) is 0 Å². The number of nitrogens with zero attached hydrogens (tertiary/aromatic N) is 1. The lowest BCUT2D eigenvalue weighted by molar-refractivity contribution is 0.0571. The van der Waals surface area contributed by atoms with E-state index in [1.165, 1.54) is 12.8 Å². The Hall–Kier alpha value is -1.06. The highest BCUT2D eigenvalue weighted by Gasteiger charge is 2.25. The average Bonchev–Trinajstić information content (AvgIpc) is 2.34. The number of likely N-dealkylation sites (tertiary alicyclic amines) is 1. The minimum absolute atomic E-state index is 0.487. The zero-order chi connectivity index (χ0) is 13.1. The number of anilines is 1. The first-order chi connectivity index (χ1) is 8.58. The quantitative estimate of drug-likeness (QED) is 0.808. The van der Waals surface area contributed by atoms with Crippen LogP contribution in [0.5, 0.6) is 0 Å². The summed E-state index contributed by atoms with van der Waals surface area (Å²) in [6, 6.07) is 8.15. The summed E-state index contributed by atoms with van der Waals surface area (Å²) >= 11 is 0. The number of hydrogen-bond donors (Lipinski definition) is 2. The van der Waals surface area contributed by atoms with Crippen LogP contribution in [-0.2, 0) is 0 Å². The van der Waals surface area contributed by atoms with Crippen molar-refractivity contribution < 1.29 is 5.11 Å². The van der Waals surface area contributed by atoms with E-state index in [0.29, 0.717) is 18.3 Å². The average molecular weight is 248 g/mol. The number of nitrogen functional groups attached to an aromatic ring is 1. The van der Waals surface area contributed by atoms with Gasteiger partial charge < -0.3 is 10.8 Å². The second kappa shape index (κ2) is 5.72. The zero-order valence-electron chi connectivity index (χ0n) is 11.3. The van der Waals surface area contributed by atoms with Gasteiger partial charge in [-0.05, 0) is 31.7 Å². The molecular formula is C15H24N2O. The Labute approximate surface area is 110 Å². The predicted octanol–water partition coefficient (Wildman–Crippen LogP) is 2.42. The fraction of sp³-hybridized carbons (Fsp3) is 0.600. The van der Waals surface area contributed by atoms with Crippen molar-refractivity contribution in [1.82, 2.24) is 4.90 Å². The lowest BCUT2D eigenvalue weighted by Crippen LogP contribution is -2.43. The number of hydrogen-bond acceptors (Lipinski definition) is 3. The van der Waals surface area contributed by atoms with Crippen LogP contribution in [0, 0.1) is 5.92 Å². The lowest BCUT2D eigenvalue weighted by Gasteiger charge is -2.38. The summed E-state index contributed by atoms with van der Waals surface area (Å²) in [5, 5.41) is 10.3. The van der Waals surface area contributed by atoms with Gasteiger partial charge in [0.2, 0.25) is 0 Å². The highest BCUT2D eigenvalue weighted by atomic mass is 16.3. The van der Waals surface area contributed by atoms with Crippen LogP contribution in [0.1, 0.15) is 38.4 Å². The molecule has 0 spiro atoms. The predicted molar refractivity (Wildman–Crippen MR) is 75.2 cm³/mol. The van der Waals surface area contributed by atoms with Crippen LogP contribution in [-0.4, -0.2) is 29.1 Å². The highest BCUT2D eigenvalue weighted by Crippen LogP contribution is 2.26. The topological polar surface area (TPSA) is 49.5 Å². The summed E-state index contributed by atoms with van der Waals surface area (Å²) in [6.07, 6.45) is 2.03. The first kappa shape index (κ1) is 13.4.